The van der Waals surface area contributed by atoms with E-state index in [4.69, 9.17) is 0 Å². The zero-order valence-corrected chi connectivity index (χ0v) is 10.0. The molecule has 0 rings (SSSR count). The van der Waals surface area contributed by atoms with E-state index in [0.29, 0.717) is 8.86 Å². The molecular formula is C5H8I2N2O2. The Bertz CT molecular complexity index is 135. The van der Waals surface area contributed by atoms with Gasteiger partial charge >= 0.3 is 0 Å². The number of carbonyl (C=O) groups is 2. The summed E-state index contributed by atoms with van der Waals surface area (Å²) in [5, 5.41) is 5.03. The smallest absolute Gasteiger partial charge is 0.231 e. The molecule has 0 aliphatic carbocycles. The van der Waals surface area contributed by atoms with Crippen molar-refractivity contribution in [1.29, 1.82) is 0 Å². The van der Waals surface area contributed by atoms with Gasteiger partial charge in [0.1, 0.15) is 0 Å². The fraction of sp³-hybridized carbons (Fsp3) is 0.600. The lowest BCUT2D eigenvalue weighted by atomic mass is 10.6. The zero-order valence-electron chi connectivity index (χ0n) is 5.69. The number of alkyl halides is 2. The van der Waals surface area contributed by atoms with Crippen LogP contribution in [0.5, 0.6) is 0 Å². The summed E-state index contributed by atoms with van der Waals surface area (Å²) in [7, 11) is 0. The van der Waals surface area contributed by atoms with E-state index in [1.54, 1.807) is 0 Å². The van der Waals surface area contributed by atoms with Crippen molar-refractivity contribution in [3.8, 4) is 0 Å². The molecule has 0 saturated carbocycles. The van der Waals surface area contributed by atoms with Crippen LogP contribution >= 0.6 is 45.2 Å². The molecule has 0 bridgehead atoms. The second-order valence-electron chi connectivity index (χ2n) is 1.64. The van der Waals surface area contributed by atoms with Crippen molar-refractivity contribution in [2.24, 2.45) is 0 Å². The van der Waals surface area contributed by atoms with Crippen LogP contribution in [-0.2, 0) is 9.59 Å². The van der Waals surface area contributed by atoms with Crippen LogP contribution in [0.2, 0.25) is 0 Å². The van der Waals surface area contributed by atoms with E-state index >= 15 is 0 Å². The van der Waals surface area contributed by atoms with Gasteiger partial charge in [-0.2, -0.15) is 0 Å². The van der Waals surface area contributed by atoms with Crippen molar-refractivity contribution in [2.45, 2.75) is 0 Å². The first kappa shape index (κ1) is 11.4. The van der Waals surface area contributed by atoms with E-state index in [2.05, 4.69) is 10.6 Å². The maximum Gasteiger partial charge on any atom is 0.231 e. The second kappa shape index (κ2) is 7.07. The Balaban J connectivity index is 3.27. The van der Waals surface area contributed by atoms with Crippen LogP contribution in [-0.4, -0.2) is 27.3 Å². The van der Waals surface area contributed by atoms with Crippen molar-refractivity contribution in [2.75, 3.05) is 15.5 Å². The molecule has 2 N–H and O–H groups in total. The van der Waals surface area contributed by atoms with Crippen LogP contribution in [0, 0.1) is 0 Å². The highest BCUT2D eigenvalue weighted by Crippen LogP contribution is 1.79. The Morgan fingerprint density at radius 1 is 1.00 bits per heavy atom. The van der Waals surface area contributed by atoms with Gasteiger partial charge in [-0.15, -0.1) is 0 Å². The highest BCUT2D eigenvalue weighted by atomic mass is 127. The lowest BCUT2D eigenvalue weighted by Crippen LogP contribution is -2.38. The summed E-state index contributed by atoms with van der Waals surface area (Å²) in [6, 6.07) is 0. The maximum atomic E-state index is 10.6. The molecule has 0 aliphatic rings. The van der Waals surface area contributed by atoms with Gasteiger partial charge in [-0.3, -0.25) is 9.59 Å². The Morgan fingerprint density at radius 3 is 1.64 bits per heavy atom. The molecule has 0 fully saturated rings. The van der Waals surface area contributed by atoms with Crippen molar-refractivity contribution in [3.05, 3.63) is 0 Å². The van der Waals surface area contributed by atoms with Gasteiger partial charge in [0, 0.05) is 0 Å². The Kier molecular flexibility index (Phi) is 7.33. The van der Waals surface area contributed by atoms with E-state index in [0.717, 1.165) is 0 Å². The molecule has 0 aromatic heterocycles. The SMILES string of the molecule is O=C(CI)NCNC(=O)CI. The summed E-state index contributed by atoms with van der Waals surface area (Å²) in [4.78, 5) is 21.2. The molecule has 4 nitrogen and oxygen atoms in total. The summed E-state index contributed by atoms with van der Waals surface area (Å²) >= 11 is 3.91. The third-order valence-corrected chi connectivity index (χ3v) is 2.20. The monoisotopic (exact) mass is 382 g/mol. The molecule has 6 heteroatoms. The predicted octanol–water partition coefficient (Wildman–Crippen LogP) is 0.0463. The Morgan fingerprint density at radius 2 is 1.36 bits per heavy atom. The number of hydrogen-bond donors (Lipinski definition) is 2. The van der Waals surface area contributed by atoms with Crippen LogP contribution in [0.25, 0.3) is 0 Å². The van der Waals surface area contributed by atoms with Crippen molar-refractivity contribution < 1.29 is 9.59 Å². The molecule has 11 heavy (non-hydrogen) atoms. The molecule has 0 aromatic carbocycles. The van der Waals surface area contributed by atoms with Gasteiger partial charge < -0.3 is 10.6 Å². The lowest BCUT2D eigenvalue weighted by molar-refractivity contribution is -0.119. The van der Waals surface area contributed by atoms with Crippen LogP contribution < -0.4 is 10.6 Å². The number of nitrogens with one attached hydrogen (secondary N) is 2. The molecule has 0 spiro atoms. The standard InChI is InChI=1S/C5H8I2N2O2/c6-1-4(10)8-3-9-5(11)2-7/h1-3H2,(H,8,10)(H,9,11). The number of amides is 2. The van der Waals surface area contributed by atoms with Gasteiger partial charge in [0.25, 0.3) is 0 Å². The van der Waals surface area contributed by atoms with Gasteiger partial charge in [0.2, 0.25) is 11.8 Å². The molecule has 0 aliphatic heterocycles. The fourth-order valence-electron chi connectivity index (χ4n) is 0.336. The molecule has 0 unspecified atom stereocenters. The minimum absolute atomic E-state index is 0.0700. The molecule has 0 saturated heterocycles. The van der Waals surface area contributed by atoms with E-state index < -0.39 is 0 Å². The normalized spacial score (nSPS) is 8.91. The van der Waals surface area contributed by atoms with Gasteiger partial charge in [0.15, 0.2) is 0 Å². The number of hydrogen-bond acceptors (Lipinski definition) is 2. The second-order valence-corrected chi connectivity index (χ2v) is 3.17. The highest BCUT2D eigenvalue weighted by molar-refractivity contribution is 14.1. The zero-order chi connectivity index (χ0) is 8.69. The molecule has 0 radical (unpaired) electrons. The quantitative estimate of drug-likeness (QED) is 0.410. The first-order valence-electron chi connectivity index (χ1n) is 2.86. The average molecular weight is 382 g/mol. The van der Waals surface area contributed by atoms with E-state index in [-0.39, 0.29) is 18.5 Å². The topological polar surface area (TPSA) is 58.2 Å². The average Bonchev–Trinajstić information content (AvgIpc) is 2.04. The summed E-state index contributed by atoms with van der Waals surface area (Å²) in [5.41, 5.74) is 0. The van der Waals surface area contributed by atoms with Gasteiger partial charge in [-0.1, -0.05) is 45.2 Å². The first-order chi connectivity index (χ1) is 5.20. The van der Waals surface area contributed by atoms with Crippen LogP contribution in [0.15, 0.2) is 0 Å². The third-order valence-electron chi connectivity index (χ3n) is 0.814. The predicted molar refractivity (Wildman–Crippen MR) is 58.9 cm³/mol. The third kappa shape index (κ3) is 6.78. The fourth-order valence-corrected chi connectivity index (χ4v) is 0.875. The summed E-state index contributed by atoms with van der Waals surface area (Å²) in [6.45, 7) is 0.226. The number of rotatable bonds is 4. The molecule has 0 aromatic rings. The van der Waals surface area contributed by atoms with Crippen molar-refractivity contribution >= 4 is 57.0 Å². The first-order valence-corrected chi connectivity index (χ1v) is 5.91. The Hall–Kier alpha value is 0.400. The summed E-state index contributed by atoms with van der Waals surface area (Å²) in [5.74, 6) is -0.140. The minimum Gasteiger partial charge on any atom is -0.338 e. The van der Waals surface area contributed by atoms with Crippen molar-refractivity contribution in [1.82, 2.24) is 10.6 Å². The van der Waals surface area contributed by atoms with Crippen LogP contribution in [0.1, 0.15) is 0 Å². The molecule has 64 valence electrons. The molecule has 2 amide bonds. The largest absolute Gasteiger partial charge is 0.338 e. The molecular weight excluding hydrogens is 374 g/mol. The van der Waals surface area contributed by atoms with Gasteiger partial charge in [-0.05, 0) is 0 Å². The van der Waals surface area contributed by atoms with Crippen LogP contribution in [0.3, 0.4) is 0 Å². The van der Waals surface area contributed by atoms with E-state index in [1.165, 1.54) is 0 Å². The van der Waals surface area contributed by atoms with Crippen LogP contribution in [0.4, 0.5) is 0 Å². The number of carbonyl (C=O) groups excluding carboxylic acids is 2. The maximum absolute atomic E-state index is 10.6. The van der Waals surface area contributed by atoms with Gasteiger partial charge in [-0.25, -0.2) is 0 Å². The lowest BCUT2D eigenvalue weighted by Gasteiger charge is -2.03. The summed E-state index contributed by atoms with van der Waals surface area (Å²) in [6.07, 6.45) is 0. The summed E-state index contributed by atoms with van der Waals surface area (Å²) < 4.78 is 0.829. The van der Waals surface area contributed by atoms with E-state index in [9.17, 15) is 9.59 Å². The minimum atomic E-state index is -0.0700. The highest BCUT2D eigenvalue weighted by Gasteiger charge is 1.98. The Labute approximate surface area is 92.1 Å². The van der Waals surface area contributed by atoms with Gasteiger partial charge in [0.05, 0.1) is 15.5 Å². The molecule has 0 atom stereocenters. The van der Waals surface area contributed by atoms with E-state index in [1.807, 2.05) is 45.2 Å². The van der Waals surface area contributed by atoms with Crippen molar-refractivity contribution in [3.63, 3.8) is 0 Å². The molecule has 0 heterocycles. The number of halogens is 2.